The molecular weight excluding hydrogens is 236 g/mol. The van der Waals surface area contributed by atoms with E-state index in [4.69, 9.17) is 10.8 Å². The largest absolute Gasteiger partial charge is 0.394 e. The highest BCUT2D eigenvalue weighted by Crippen LogP contribution is 2.05. The Balaban J connectivity index is 3.69. The van der Waals surface area contributed by atoms with Gasteiger partial charge in [0.25, 0.3) is 0 Å². The fraction of sp³-hybridized carbons (Fsp3) is 1.00. The molecule has 0 aromatic heterocycles. The Morgan fingerprint density at radius 2 is 1.72 bits per heavy atom. The summed E-state index contributed by atoms with van der Waals surface area (Å²) < 4.78 is 0. The summed E-state index contributed by atoms with van der Waals surface area (Å²) in [5.41, 5.74) is 5.40. The molecule has 18 heavy (non-hydrogen) atoms. The van der Waals surface area contributed by atoms with Crippen molar-refractivity contribution in [2.75, 3.05) is 33.3 Å². The smallest absolute Gasteiger partial charge is 0.103 e. The van der Waals surface area contributed by atoms with Crippen molar-refractivity contribution in [3.05, 3.63) is 0 Å². The molecule has 6 N–H and O–H groups in total. The van der Waals surface area contributed by atoms with E-state index in [-0.39, 0.29) is 6.42 Å². The lowest BCUT2D eigenvalue weighted by Gasteiger charge is -2.23. The molecule has 0 heterocycles. The first-order valence-electron chi connectivity index (χ1n) is 6.55. The number of hydrogen-bond acceptors (Lipinski definition) is 6. The van der Waals surface area contributed by atoms with E-state index in [1.54, 1.807) is 0 Å². The lowest BCUT2D eigenvalue weighted by atomic mass is 10.1. The molecule has 0 aliphatic heterocycles. The highest BCUT2D eigenvalue weighted by Gasteiger charge is 2.19. The van der Waals surface area contributed by atoms with Crippen LogP contribution in [0.25, 0.3) is 0 Å². The fourth-order valence-corrected chi connectivity index (χ4v) is 1.79. The molecule has 2 unspecified atom stereocenters. The van der Waals surface area contributed by atoms with Crippen LogP contribution in [0.5, 0.6) is 0 Å². The van der Waals surface area contributed by atoms with Crippen LogP contribution in [0.3, 0.4) is 0 Å². The highest BCUT2D eigenvalue weighted by atomic mass is 16.4. The van der Waals surface area contributed by atoms with Gasteiger partial charge < -0.3 is 31.1 Å². The van der Waals surface area contributed by atoms with Crippen LogP contribution in [-0.4, -0.2) is 76.9 Å². The number of aliphatic hydroxyl groups excluding tert-OH is 4. The quantitative estimate of drug-likeness (QED) is 0.291. The first-order chi connectivity index (χ1) is 8.51. The van der Waals surface area contributed by atoms with Crippen molar-refractivity contribution in [2.24, 2.45) is 5.73 Å². The van der Waals surface area contributed by atoms with Crippen LogP contribution in [0, 0.1) is 0 Å². The lowest BCUT2D eigenvalue weighted by molar-refractivity contribution is -0.0396. The molecule has 0 fully saturated rings. The van der Waals surface area contributed by atoms with Gasteiger partial charge in [-0.25, -0.2) is 0 Å². The number of unbranched alkanes of at least 4 members (excludes halogenated alkanes) is 2. The summed E-state index contributed by atoms with van der Waals surface area (Å²) in [4.78, 5) is 1.99. The number of aliphatic hydroxyl groups is 4. The van der Waals surface area contributed by atoms with Crippen LogP contribution in [-0.2, 0) is 0 Å². The third kappa shape index (κ3) is 8.79. The van der Waals surface area contributed by atoms with Crippen molar-refractivity contribution < 1.29 is 20.4 Å². The number of likely N-dealkylation sites (N-methyl/N-ethyl adjacent to an activating group) is 1. The van der Waals surface area contributed by atoms with Crippen molar-refractivity contribution in [1.29, 1.82) is 0 Å². The zero-order valence-corrected chi connectivity index (χ0v) is 11.2. The van der Waals surface area contributed by atoms with Gasteiger partial charge in [0.15, 0.2) is 0 Å². The lowest BCUT2D eigenvalue weighted by Crippen LogP contribution is -2.37. The molecule has 6 nitrogen and oxygen atoms in total. The van der Waals surface area contributed by atoms with E-state index in [0.717, 1.165) is 25.8 Å². The zero-order valence-electron chi connectivity index (χ0n) is 11.2. The van der Waals surface area contributed by atoms with E-state index >= 15 is 0 Å². The minimum atomic E-state index is -1.19. The predicted octanol–water partition coefficient (Wildman–Crippen LogP) is -1.49. The van der Waals surface area contributed by atoms with Gasteiger partial charge in [-0.15, -0.1) is 0 Å². The molecule has 0 rings (SSSR count). The maximum absolute atomic E-state index is 9.72. The molecule has 0 aromatic carbocycles. The first kappa shape index (κ1) is 17.8. The van der Waals surface area contributed by atoms with Crippen LogP contribution in [0.15, 0.2) is 0 Å². The van der Waals surface area contributed by atoms with E-state index in [2.05, 4.69) is 0 Å². The van der Waals surface area contributed by atoms with Gasteiger partial charge >= 0.3 is 0 Å². The van der Waals surface area contributed by atoms with Gasteiger partial charge in [-0.3, -0.25) is 0 Å². The predicted molar refractivity (Wildman–Crippen MR) is 70.1 cm³/mol. The van der Waals surface area contributed by atoms with Crippen molar-refractivity contribution in [2.45, 2.75) is 44.0 Å². The van der Waals surface area contributed by atoms with E-state index in [1.807, 2.05) is 11.9 Å². The zero-order chi connectivity index (χ0) is 14.0. The summed E-state index contributed by atoms with van der Waals surface area (Å²) in [6.07, 6.45) is 0.198. The molecule has 0 radical (unpaired) electrons. The van der Waals surface area contributed by atoms with Crippen molar-refractivity contribution in [3.63, 3.8) is 0 Å². The van der Waals surface area contributed by atoms with E-state index in [9.17, 15) is 15.3 Å². The molecule has 0 saturated heterocycles. The maximum atomic E-state index is 9.72. The number of rotatable bonds is 11. The molecule has 0 saturated carbocycles. The Labute approximate surface area is 109 Å². The summed E-state index contributed by atoms with van der Waals surface area (Å²) in [5.74, 6) is 0. The Hall–Kier alpha value is -0.240. The topological polar surface area (TPSA) is 110 Å². The minimum Gasteiger partial charge on any atom is -0.394 e. The standard InChI is InChI=1S/C12H28N2O4/c1-14(6-4-2-3-5-13)8-10(16)7-11(17)12(18)9-15/h10-12,15-18H,2-9,13H2,1H3/t10?,11?,12-/m1/s1. The Morgan fingerprint density at radius 3 is 2.28 bits per heavy atom. The normalized spacial score (nSPS) is 16.8. The van der Waals surface area contributed by atoms with Crippen molar-refractivity contribution >= 4 is 0 Å². The second kappa shape index (κ2) is 10.7. The second-order valence-electron chi connectivity index (χ2n) is 4.82. The molecule has 0 aliphatic carbocycles. The molecule has 0 aliphatic rings. The SMILES string of the molecule is CN(CCCCCN)CC(O)CC(O)[C@H](O)CO. The van der Waals surface area contributed by atoms with E-state index < -0.39 is 24.9 Å². The Morgan fingerprint density at radius 1 is 1.06 bits per heavy atom. The van der Waals surface area contributed by atoms with Gasteiger partial charge in [-0.1, -0.05) is 6.42 Å². The van der Waals surface area contributed by atoms with Crippen molar-refractivity contribution in [3.8, 4) is 0 Å². The summed E-state index contributed by atoms with van der Waals surface area (Å²) in [6.45, 7) is 1.52. The first-order valence-corrected chi connectivity index (χ1v) is 6.55. The van der Waals surface area contributed by atoms with Gasteiger partial charge in [-0.05, 0) is 33.0 Å². The summed E-state index contributed by atoms with van der Waals surface area (Å²) in [7, 11) is 1.90. The van der Waals surface area contributed by atoms with Gasteiger partial charge in [0, 0.05) is 13.0 Å². The van der Waals surface area contributed by atoms with Gasteiger partial charge in [0.05, 0.1) is 18.8 Å². The summed E-state index contributed by atoms with van der Waals surface area (Å²) in [5, 5.41) is 37.0. The van der Waals surface area contributed by atoms with Gasteiger partial charge in [0.1, 0.15) is 6.10 Å². The molecule has 0 amide bonds. The van der Waals surface area contributed by atoms with Crippen LogP contribution in [0.1, 0.15) is 25.7 Å². The molecular formula is C12H28N2O4. The number of nitrogens with zero attached hydrogens (tertiary/aromatic N) is 1. The average molecular weight is 264 g/mol. The monoisotopic (exact) mass is 264 g/mol. The molecule has 0 aromatic rings. The molecule has 3 atom stereocenters. The van der Waals surface area contributed by atoms with Crippen LogP contribution in [0.2, 0.25) is 0 Å². The minimum absolute atomic E-state index is 0.0644. The van der Waals surface area contributed by atoms with E-state index in [1.165, 1.54) is 0 Å². The molecule has 0 spiro atoms. The van der Waals surface area contributed by atoms with E-state index in [0.29, 0.717) is 13.1 Å². The Kier molecular flexibility index (Phi) is 10.5. The third-order valence-corrected chi connectivity index (χ3v) is 2.91. The summed E-state index contributed by atoms with van der Waals surface area (Å²) >= 11 is 0. The van der Waals surface area contributed by atoms with Crippen LogP contribution < -0.4 is 5.73 Å². The van der Waals surface area contributed by atoms with Crippen molar-refractivity contribution in [1.82, 2.24) is 4.90 Å². The van der Waals surface area contributed by atoms with Crippen LogP contribution >= 0.6 is 0 Å². The maximum Gasteiger partial charge on any atom is 0.103 e. The highest BCUT2D eigenvalue weighted by molar-refractivity contribution is 4.72. The van der Waals surface area contributed by atoms with Gasteiger partial charge in [-0.2, -0.15) is 0 Å². The fourth-order valence-electron chi connectivity index (χ4n) is 1.79. The number of nitrogens with two attached hydrogens (primary N) is 1. The molecule has 0 bridgehead atoms. The summed E-state index contributed by atoms with van der Waals surface area (Å²) in [6, 6.07) is 0. The van der Waals surface area contributed by atoms with Crippen LogP contribution in [0.4, 0.5) is 0 Å². The molecule has 110 valence electrons. The van der Waals surface area contributed by atoms with Gasteiger partial charge in [0.2, 0.25) is 0 Å². The third-order valence-electron chi connectivity index (χ3n) is 2.91. The average Bonchev–Trinajstić information content (AvgIpc) is 2.33. The Bertz CT molecular complexity index is 195. The number of hydrogen-bond donors (Lipinski definition) is 5. The molecule has 6 heteroatoms. The second-order valence-corrected chi connectivity index (χ2v) is 4.82.